The molecule has 1 aromatic rings. The number of aromatic nitrogens is 2. The fraction of sp³-hybridized carbons (Fsp3) is 0.714. The van der Waals surface area contributed by atoms with E-state index in [-0.39, 0.29) is 6.04 Å². The third kappa shape index (κ3) is 5.03. The van der Waals surface area contributed by atoms with Crippen molar-refractivity contribution >= 4 is 5.82 Å². The average molecular weight is 282 g/mol. The van der Waals surface area contributed by atoms with Crippen LogP contribution in [0, 0.1) is 13.8 Å². The van der Waals surface area contributed by atoms with E-state index in [4.69, 9.17) is 4.74 Å². The minimum absolute atomic E-state index is 0.249. The van der Waals surface area contributed by atoms with Crippen LogP contribution in [0.15, 0.2) is 6.33 Å². The molecule has 0 fully saturated rings. The minimum Gasteiger partial charge on any atom is -0.367 e. The zero-order valence-corrected chi connectivity index (χ0v) is 13.1. The average Bonchev–Trinajstić information content (AvgIpc) is 2.41. The quantitative estimate of drug-likeness (QED) is 0.705. The number of rotatable bonds is 8. The van der Waals surface area contributed by atoms with Crippen LogP contribution in [0.4, 0.5) is 5.82 Å². The Hall–Kier alpha value is -1.24. The second-order valence-corrected chi connectivity index (χ2v) is 5.03. The number of ether oxygens (including phenoxy) is 1. The Kier molecular flexibility index (Phi) is 6.84. The predicted octanol–water partition coefficient (Wildman–Crippen LogP) is 1.53. The highest BCUT2D eigenvalue weighted by molar-refractivity contribution is 5.45. The molecule has 0 amide bonds. The van der Waals surface area contributed by atoms with Gasteiger partial charge in [0, 0.05) is 30.5 Å². The van der Waals surface area contributed by atoms with Crippen molar-refractivity contribution < 1.29 is 9.84 Å². The van der Waals surface area contributed by atoms with Gasteiger partial charge in [-0.3, -0.25) is 4.90 Å². The fourth-order valence-electron chi connectivity index (χ4n) is 1.77. The molecule has 0 aliphatic carbocycles. The second kappa shape index (κ2) is 8.14. The summed E-state index contributed by atoms with van der Waals surface area (Å²) in [6.07, 6.45) is 1.61. The molecule has 1 rings (SSSR count). The molecule has 0 aliphatic rings. The smallest absolute Gasteiger partial charge is 0.215 e. The van der Waals surface area contributed by atoms with Crippen LogP contribution in [0.2, 0.25) is 0 Å². The van der Waals surface area contributed by atoms with E-state index in [1.165, 1.54) is 0 Å². The molecule has 114 valence electrons. The lowest BCUT2D eigenvalue weighted by Crippen LogP contribution is -2.36. The van der Waals surface area contributed by atoms with Crippen LogP contribution in [-0.4, -0.2) is 52.6 Å². The lowest BCUT2D eigenvalue weighted by Gasteiger charge is -2.24. The van der Waals surface area contributed by atoms with Gasteiger partial charge in [-0.15, -0.1) is 0 Å². The van der Waals surface area contributed by atoms with Gasteiger partial charge in [0.1, 0.15) is 12.1 Å². The van der Waals surface area contributed by atoms with Crippen molar-refractivity contribution in [1.82, 2.24) is 14.9 Å². The van der Waals surface area contributed by atoms with Crippen molar-refractivity contribution in [2.75, 3.05) is 25.5 Å². The molecule has 0 bridgehead atoms. The van der Waals surface area contributed by atoms with Gasteiger partial charge in [0.15, 0.2) is 0 Å². The van der Waals surface area contributed by atoms with E-state index in [1.54, 1.807) is 11.2 Å². The third-order valence-corrected chi connectivity index (χ3v) is 3.33. The Morgan fingerprint density at radius 1 is 1.40 bits per heavy atom. The first-order chi connectivity index (χ1) is 9.45. The summed E-state index contributed by atoms with van der Waals surface area (Å²) in [7, 11) is 1.84. The highest BCUT2D eigenvalue weighted by atomic mass is 16.6. The molecule has 0 aliphatic heterocycles. The van der Waals surface area contributed by atoms with Crippen molar-refractivity contribution in [3.63, 3.8) is 0 Å². The molecular weight excluding hydrogens is 256 g/mol. The first-order valence-electron chi connectivity index (χ1n) is 7.00. The van der Waals surface area contributed by atoms with E-state index in [1.807, 2.05) is 27.8 Å². The number of nitrogens with one attached hydrogen (secondary N) is 1. The Morgan fingerprint density at radius 2 is 2.10 bits per heavy atom. The summed E-state index contributed by atoms with van der Waals surface area (Å²) >= 11 is 0. The molecule has 6 nitrogen and oxygen atoms in total. The maximum atomic E-state index is 9.66. The van der Waals surface area contributed by atoms with Crippen LogP contribution in [0.1, 0.15) is 31.5 Å². The van der Waals surface area contributed by atoms with Gasteiger partial charge in [-0.1, -0.05) is 0 Å². The molecule has 6 heteroatoms. The van der Waals surface area contributed by atoms with Gasteiger partial charge in [0.25, 0.3) is 0 Å². The molecule has 2 N–H and O–H groups in total. The highest BCUT2D eigenvalue weighted by Gasteiger charge is 2.13. The third-order valence-electron chi connectivity index (χ3n) is 3.33. The lowest BCUT2D eigenvalue weighted by molar-refractivity contribution is -0.182. The SMILES string of the molecule is CCOC(O)N(C)CCC(C)Nc1ncnc(C)c1C. The van der Waals surface area contributed by atoms with E-state index in [0.717, 1.165) is 30.0 Å². The first-order valence-corrected chi connectivity index (χ1v) is 7.00. The normalized spacial score (nSPS) is 14.3. The van der Waals surface area contributed by atoms with Crippen LogP contribution in [0.3, 0.4) is 0 Å². The summed E-state index contributed by atoms with van der Waals surface area (Å²) in [4.78, 5) is 10.2. The number of hydrogen-bond acceptors (Lipinski definition) is 6. The monoisotopic (exact) mass is 282 g/mol. The summed E-state index contributed by atoms with van der Waals surface area (Å²) in [5.41, 5.74) is 2.06. The van der Waals surface area contributed by atoms with Gasteiger partial charge in [0.2, 0.25) is 6.41 Å². The van der Waals surface area contributed by atoms with Crippen LogP contribution >= 0.6 is 0 Å². The Balaban J connectivity index is 2.44. The van der Waals surface area contributed by atoms with E-state index in [0.29, 0.717) is 6.61 Å². The standard InChI is InChI=1S/C14H26N4O2/c1-6-20-14(19)18(5)8-7-10(2)17-13-11(3)12(4)15-9-16-13/h9-10,14,19H,6-8H2,1-5H3,(H,15,16,17). The Morgan fingerprint density at radius 3 is 2.75 bits per heavy atom. The van der Waals surface area contributed by atoms with Crippen molar-refractivity contribution in [1.29, 1.82) is 0 Å². The number of aliphatic hydroxyl groups excluding tert-OH is 1. The molecule has 1 aromatic heterocycles. The van der Waals surface area contributed by atoms with Crippen LogP contribution in [0.5, 0.6) is 0 Å². The van der Waals surface area contributed by atoms with Crippen LogP contribution in [0.25, 0.3) is 0 Å². The molecule has 0 saturated heterocycles. The molecule has 0 spiro atoms. The zero-order valence-electron chi connectivity index (χ0n) is 13.1. The molecule has 0 radical (unpaired) electrons. The summed E-state index contributed by atoms with van der Waals surface area (Å²) in [6.45, 7) is 9.17. The summed E-state index contributed by atoms with van der Waals surface area (Å²) in [5.74, 6) is 0.873. The minimum atomic E-state index is -0.838. The van der Waals surface area contributed by atoms with Crippen LogP contribution < -0.4 is 5.32 Å². The predicted molar refractivity (Wildman–Crippen MR) is 79.5 cm³/mol. The van der Waals surface area contributed by atoms with Crippen molar-refractivity contribution in [3.8, 4) is 0 Å². The lowest BCUT2D eigenvalue weighted by atomic mass is 10.2. The molecule has 2 unspecified atom stereocenters. The maximum absolute atomic E-state index is 9.66. The van der Waals surface area contributed by atoms with Gasteiger partial charge in [-0.25, -0.2) is 9.97 Å². The van der Waals surface area contributed by atoms with E-state index in [2.05, 4.69) is 22.2 Å². The van der Waals surface area contributed by atoms with Gasteiger partial charge in [0.05, 0.1) is 0 Å². The first kappa shape index (κ1) is 16.8. The summed E-state index contributed by atoms with van der Waals surface area (Å²) in [5, 5.41) is 13.0. The van der Waals surface area contributed by atoms with Gasteiger partial charge in [-0.05, 0) is 41.2 Å². The molecule has 1 heterocycles. The molecule has 0 saturated carbocycles. The van der Waals surface area contributed by atoms with Crippen LogP contribution in [-0.2, 0) is 4.74 Å². The second-order valence-electron chi connectivity index (χ2n) is 5.03. The maximum Gasteiger partial charge on any atom is 0.215 e. The number of hydrogen-bond donors (Lipinski definition) is 2. The number of nitrogens with zero attached hydrogens (tertiary/aromatic N) is 3. The van der Waals surface area contributed by atoms with Gasteiger partial charge >= 0.3 is 0 Å². The molecule has 2 atom stereocenters. The molecular formula is C14H26N4O2. The van der Waals surface area contributed by atoms with E-state index >= 15 is 0 Å². The molecule has 20 heavy (non-hydrogen) atoms. The number of aryl methyl sites for hydroxylation is 1. The highest BCUT2D eigenvalue weighted by Crippen LogP contribution is 2.14. The molecule has 0 aromatic carbocycles. The van der Waals surface area contributed by atoms with Crippen molar-refractivity contribution in [2.45, 2.75) is 46.6 Å². The Bertz CT molecular complexity index is 414. The Labute approximate surface area is 121 Å². The van der Waals surface area contributed by atoms with E-state index < -0.39 is 6.41 Å². The summed E-state index contributed by atoms with van der Waals surface area (Å²) < 4.78 is 5.13. The van der Waals surface area contributed by atoms with E-state index in [9.17, 15) is 5.11 Å². The topological polar surface area (TPSA) is 70.5 Å². The van der Waals surface area contributed by atoms with Crippen molar-refractivity contribution in [2.24, 2.45) is 0 Å². The van der Waals surface area contributed by atoms with Crippen molar-refractivity contribution in [3.05, 3.63) is 17.6 Å². The number of anilines is 1. The number of aliphatic hydroxyl groups is 1. The summed E-state index contributed by atoms with van der Waals surface area (Å²) in [6, 6.07) is 0.249. The largest absolute Gasteiger partial charge is 0.367 e. The fourth-order valence-corrected chi connectivity index (χ4v) is 1.77. The van der Waals surface area contributed by atoms with Gasteiger partial charge in [-0.2, -0.15) is 0 Å². The van der Waals surface area contributed by atoms with Gasteiger partial charge < -0.3 is 15.2 Å². The zero-order chi connectivity index (χ0) is 15.1.